The minimum atomic E-state index is -0.886. The van der Waals surface area contributed by atoms with Gasteiger partial charge in [-0.15, -0.1) is 0 Å². The number of hydrogen-bond donors (Lipinski definition) is 3. The molecule has 0 aromatic heterocycles. The molecular formula is C13H14N2O4. The normalized spacial score (nSPS) is 9.11. The summed E-state index contributed by atoms with van der Waals surface area (Å²) in [6.45, 7) is -0.114. The fraction of sp³-hybridized carbons (Fsp3) is 0.231. The molecule has 0 fully saturated rings. The Morgan fingerprint density at radius 3 is 2.79 bits per heavy atom. The molecule has 1 aromatic rings. The smallest absolute Gasteiger partial charge is 0.404 e. The molecule has 0 bridgehead atoms. The predicted octanol–water partition coefficient (Wildman–Crippen LogP) is -0.144. The van der Waals surface area contributed by atoms with Gasteiger partial charge in [-0.1, -0.05) is 24.0 Å². The summed E-state index contributed by atoms with van der Waals surface area (Å²) < 4.78 is 4.49. The Bertz CT molecular complexity index is 517. The number of ether oxygens (including phenoxy) is 1. The second-order valence-corrected chi connectivity index (χ2v) is 3.43. The van der Waals surface area contributed by atoms with E-state index in [4.69, 9.17) is 10.8 Å². The molecular weight excluding hydrogens is 248 g/mol. The molecule has 6 heteroatoms. The first-order valence-electron chi connectivity index (χ1n) is 5.54. The van der Waals surface area contributed by atoms with Gasteiger partial charge in [-0.05, 0) is 12.1 Å². The standard InChI is InChI=1S/C13H14N2O4/c14-13(18)19-9-7-15-12(17)11-6-2-1-4-10(11)5-3-8-16/h1-2,4,6,16H,7-9H2,(H2,14,18)(H,15,17). The van der Waals surface area contributed by atoms with Gasteiger partial charge in [0.1, 0.15) is 13.2 Å². The van der Waals surface area contributed by atoms with Crippen LogP contribution in [0.4, 0.5) is 4.79 Å². The van der Waals surface area contributed by atoms with Crippen LogP contribution in [0.5, 0.6) is 0 Å². The summed E-state index contributed by atoms with van der Waals surface area (Å²) in [5.41, 5.74) is 5.69. The molecule has 0 aliphatic carbocycles. The Labute approximate surface area is 110 Å². The molecule has 0 heterocycles. The number of amides is 2. The number of aliphatic hydroxyl groups is 1. The number of hydrogen-bond acceptors (Lipinski definition) is 4. The van der Waals surface area contributed by atoms with Gasteiger partial charge in [0.25, 0.3) is 5.91 Å². The number of rotatable bonds is 4. The Morgan fingerprint density at radius 1 is 1.37 bits per heavy atom. The van der Waals surface area contributed by atoms with Crippen molar-refractivity contribution < 1.29 is 19.4 Å². The Hall–Kier alpha value is -2.52. The molecule has 0 saturated heterocycles. The van der Waals surface area contributed by atoms with Gasteiger partial charge in [0.15, 0.2) is 0 Å². The number of nitrogens with one attached hydrogen (secondary N) is 1. The lowest BCUT2D eigenvalue weighted by atomic mass is 10.1. The van der Waals surface area contributed by atoms with Gasteiger partial charge in [0.05, 0.1) is 12.1 Å². The highest BCUT2D eigenvalue weighted by Crippen LogP contribution is 2.06. The summed E-state index contributed by atoms with van der Waals surface area (Å²) in [4.78, 5) is 22.2. The predicted molar refractivity (Wildman–Crippen MR) is 68.3 cm³/mol. The van der Waals surface area contributed by atoms with Gasteiger partial charge in [0, 0.05) is 5.56 Å². The lowest BCUT2D eigenvalue weighted by molar-refractivity contribution is 0.0936. The number of primary amides is 1. The lowest BCUT2D eigenvalue weighted by Crippen LogP contribution is -2.29. The van der Waals surface area contributed by atoms with Gasteiger partial charge >= 0.3 is 6.09 Å². The third-order valence-corrected chi connectivity index (χ3v) is 2.11. The van der Waals surface area contributed by atoms with Crippen molar-refractivity contribution in [1.29, 1.82) is 0 Å². The SMILES string of the molecule is NC(=O)OCCNC(=O)c1ccccc1C#CCO. The molecule has 0 saturated carbocycles. The summed E-state index contributed by atoms with van der Waals surface area (Å²) in [6, 6.07) is 6.75. The Balaban J connectivity index is 2.63. The Morgan fingerprint density at radius 2 is 2.11 bits per heavy atom. The van der Waals surface area contributed by atoms with E-state index in [0.29, 0.717) is 11.1 Å². The Kier molecular flexibility index (Phi) is 5.92. The van der Waals surface area contributed by atoms with Crippen molar-refractivity contribution in [1.82, 2.24) is 5.32 Å². The number of nitrogens with two attached hydrogens (primary N) is 1. The monoisotopic (exact) mass is 262 g/mol. The zero-order valence-corrected chi connectivity index (χ0v) is 10.2. The van der Waals surface area contributed by atoms with E-state index in [0.717, 1.165) is 0 Å². The molecule has 1 aromatic carbocycles. The van der Waals surface area contributed by atoms with E-state index in [9.17, 15) is 9.59 Å². The first-order chi connectivity index (χ1) is 9.15. The van der Waals surface area contributed by atoms with E-state index in [-0.39, 0.29) is 25.7 Å². The van der Waals surface area contributed by atoms with Crippen molar-refractivity contribution in [2.45, 2.75) is 0 Å². The minimum absolute atomic E-state index is 0.00551. The average Bonchev–Trinajstić information content (AvgIpc) is 2.41. The van der Waals surface area contributed by atoms with Crippen LogP contribution in [-0.4, -0.2) is 36.9 Å². The van der Waals surface area contributed by atoms with Crippen LogP contribution in [0.25, 0.3) is 0 Å². The van der Waals surface area contributed by atoms with E-state index >= 15 is 0 Å². The first-order valence-corrected chi connectivity index (χ1v) is 5.54. The highest BCUT2D eigenvalue weighted by atomic mass is 16.5. The first kappa shape index (κ1) is 14.5. The summed E-state index contributed by atoms with van der Waals surface area (Å²) >= 11 is 0. The van der Waals surface area contributed by atoms with Crippen molar-refractivity contribution >= 4 is 12.0 Å². The average molecular weight is 262 g/mol. The molecule has 0 radical (unpaired) electrons. The molecule has 6 nitrogen and oxygen atoms in total. The fourth-order valence-electron chi connectivity index (χ4n) is 1.34. The van der Waals surface area contributed by atoms with Crippen LogP contribution >= 0.6 is 0 Å². The van der Waals surface area contributed by atoms with Gasteiger partial charge in [-0.25, -0.2) is 4.79 Å². The van der Waals surface area contributed by atoms with Gasteiger partial charge in [-0.3, -0.25) is 4.79 Å². The van der Waals surface area contributed by atoms with Crippen molar-refractivity contribution in [2.75, 3.05) is 19.8 Å². The number of carbonyl (C=O) groups excluding carboxylic acids is 2. The van der Waals surface area contributed by atoms with Crippen LogP contribution in [0.3, 0.4) is 0 Å². The van der Waals surface area contributed by atoms with Crippen LogP contribution in [0, 0.1) is 11.8 Å². The molecule has 0 atom stereocenters. The number of carbonyl (C=O) groups is 2. The zero-order valence-electron chi connectivity index (χ0n) is 10.2. The molecule has 0 unspecified atom stereocenters. The van der Waals surface area contributed by atoms with E-state index < -0.39 is 6.09 Å². The van der Waals surface area contributed by atoms with Crippen LogP contribution < -0.4 is 11.1 Å². The summed E-state index contributed by atoms with van der Waals surface area (Å²) in [5.74, 6) is 4.83. The zero-order chi connectivity index (χ0) is 14.1. The van der Waals surface area contributed by atoms with Crippen LogP contribution in [0.15, 0.2) is 24.3 Å². The van der Waals surface area contributed by atoms with Crippen molar-refractivity contribution in [2.24, 2.45) is 5.73 Å². The molecule has 0 spiro atoms. The van der Waals surface area contributed by atoms with Crippen LogP contribution in [0.1, 0.15) is 15.9 Å². The third kappa shape index (κ3) is 5.10. The molecule has 0 aliphatic rings. The van der Waals surface area contributed by atoms with E-state index in [1.807, 2.05) is 0 Å². The summed E-state index contributed by atoms with van der Waals surface area (Å²) in [7, 11) is 0. The second-order valence-electron chi connectivity index (χ2n) is 3.43. The maximum absolute atomic E-state index is 11.9. The van der Waals surface area contributed by atoms with Crippen molar-refractivity contribution in [3.05, 3.63) is 35.4 Å². The molecule has 1 rings (SSSR count). The van der Waals surface area contributed by atoms with Gasteiger partial charge in [0.2, 0.25) is 0 Å². The van der Waals surface area contributed by atoms with E-state index in [1.165, 1.54) is 0 Å². The molecule has 4 N–H and O–H groups in total. The summed E-state index contributed by atoms with van der Waals surface area (Å²) in [5, 5.41) is 11.2. The number of benzene rings is 1. The molecule has 0 aliphatic heterocycles. The second kappa shape index (κ2) is 7.74. The highest BCUT2D eigenvalue weighted by Gasteiger charge is 2.08. The maximum Gasteiger partial charge on any atom is 0.404 e. The highest BCUT2D eigenvalue weighted by molar-refractivity contribution is 5.96. The van der Waals surface area contributed by atoms with Gasteiger partial charge in [-0.2, -0.15) is 0 Å². The van der Waals surface area contributed by atoms with Crippen LogP contribution in [-0.2, 0) is 4.74 Å². The lowest BCUT2D eigenvalue weighted by Gasteiger charge is -2.06. The van der Waals surface area contributed by atoms with E-state index in [1.54, 1.807) is 24.3 Å². The molecule has 19 heavy (non-hydrogen) atoms. The van der Waals surface area contributed by atoms with Gasteiger partial charge < -0.3 is 20.9 Å². The van der Waals surface area contributed by atoms with Crippen LogP contribution in [0.2, 0.25) is 0 Å². The maximum atomic E-state index is 11.9. The quantitative estimate of drug-likeness (QED) is 0.519. The van der Waals surface area contributed by atoms with Crippen molar-refractivity contribution in [3.8, 4) is 11.8 Å². The third-order valence-electron chi connectivity index (χ3n) is 2.11. The van der Waals surface area contributed by atoms with E-state index in [2.05, 4.69) is 21.9 Å². The fourth-order valence-corrected chi connectivity index (χ4v) is 1.34. The topological polar surface area (TPSA) is 102 Å². The molecule has 2 amide bonds. The minimum Gasteiger partial charge on any atom is -0.448 e. The summed E-state index contributed by atoms with van der Waals surface area (Å²) in [6.07, 6.45) is -0.886. The largest absolute Gasteiger partial charge is 0.448 e. The molecule has 100 valence electrons. The van der Waals surface area contributed by atoms with Crippen molar-refractivity contribution in [3.63, 3.8) is 0 Å². The number of aliphatic hydroxyl groups excluding tert-OH is 1.